The predicted octanol–water partition coefficient (Wildman–Crippen LogP) is 4.37. The molecule has 0 radical (unpaired) electrons. The number of benzene rings is 1. The minimum atomic E-state index is -0.114. The van der Waals surface area contributed by atoms with Gasteiger partial charge in [0.05, 0.1) is 5.69 Å². The summed E-state index contributed by atoms with van der Waals surface area (Å²) in [6.45, 7) is 13.2. The lowest BCUT2D eigenvalue weighted by molar-refractivity contribution is 0.536. The Labute approximate surface area is 123 Å². The summed E-state index contributed by atoms with van der Waals surface area (Å²) in [5, 5.41) is 3.31. The summed E-state index contributed by atoms with van der Waals surface area (Å²) in [5.74, 6) is 0.465. The Hall–Kier alpha value is -1.09. The van der Waals surface area contributed by atoms with E-state index < -0.39 is 0 Å². The molecule has 0 saturated heterocycles. The number of nitrogens with zero attached hydrogens (tertiary/aromatic N) is 1. The normalized spacial score (nSPS) is 14.1. The Bertz CT molecular complexity index is 406. The molecule has 1 aromatic rings. The summed E-state index contributed by atoms with van der Waals surface area (Å²) in [7, 11) is 0. The number of hydrogen-bond acceptors (Lipinski definition) is 2. The molecule has 0 saturated carbocycles. The van der Waals surface area contributed by atoms with Gasteiger partial charge in [-0.2, -0.15) is 0 Å². The Morgan fingerprint density at radius 2 is 1.90 bits per heavy atom. The highest BCUT2D eigenvalue weighted by Crippen LogP contribution is 2.24. The van der Waals surface area contributed by atoms with Gasteiger partial charge < -0.3 is 10.2 Å². The third kappa shape index (κ3) is 4.48. The lowest BCUT2D eigenvalue weighted by Gasteiger charge is -2.27. The SMILES string of the molecule is CCNC(C)c1ccc(N(CC)CC(C)CC)c(F)c1. The van der Waals surface area contributed by atoms with Crippen LogP contribution >= 0.6 is 0 Å². The number of hydrogen-bond donors (Lipinski definition) is 1. The second kappa shape index (κ2) is 8.25. The minimum absolute atomic E-state index is 0.114. The smallest absolute Gasteiger partial charge is 0.146 e. The fourth-order valence-corrected chi connectivity index (χ4v) is 2.38. The zero-order chi connectivity index (χ0) is 15.1. The highest BCUT2D eigenvalue weighted by Gasteiger charge is 2.14. The van der Waals surface area contributed by atoms with Crippen LogP contribution in [0.15, 0.2) is 18.2 Å². The van der Waals surface area contributed by atoms with Crippen LogP contribution in [0.25, 0.3) is 0 Å². The Morgan fingerprint density at radius 1 is 1.20 bits per heavy atom. The second-order valence-electron chi connectivity index (χ2n) is 5.54. The van der Waals surface area contributed by atoms with Crippen LogP contribution < -0.4 is 10.2 Å². The molecule has 0 bridgehead atoms. The molecular weight excluding hydrogens is 251 g/mol. The first-order chi connectivity index (χ1) is 9.53. The molecule has 0 aliphatic carbocycles. The number of nitrogens with one attached hydrogen (secondary N) is 1. The van der Waals surface area contributed by atoms with Gasteiger partial charge in [-0.25, -0.2) is 4.39 Å². The van der Waals surface area contributed by atoms with Gasteiger partial charge in [0.15, 0.2) is 0 Å². The van der Waals surface area contributed by atoms with Crippen molar-refractivity contribution in [2.75, 3.05) is 24.5 Å². The summed E-state index contributed by atoms with van der Waals surface area (Å²) in [5.41, 5.74) is 1.73. The van der Waals surface area contributed by atoms with E-state index in [4.69, 9.17) is 0 Å². The first-order valence-corrected chi connectivity index (χ1v) is 7.81. The van der Waals surface area contributed by atoms with E-state index in [2.05, 4.69) is 44.8 Å². The summed E-state index contributed by atoms with van der Waals surface area (Å²) >= 11 is 0. The highest BCUT2D eigenvalue weighted by atomic mass is 19.1. The molecule has 0 spiro atoms. The van der Waals surface area contributed by atoms with Crippen LogP contribution in [0.4, 0.5) is 10.1 Å². The van der Waals surface area contributed by atoms with E-state index in [0.29, 0.717) is 5.92 Å². The van der Waals surface area contributed by atoms with E-state index >= 15 is 0 Å². The zero-order valence-electron chi connectivity index (χ0n) is 13.5. The van der Waals surface area contributed by atoms with Crippen LogP contribution in [0, 0.1) is 11.7 Å². The van der Waals surface area contributed by atoms with Gasteiger partial charge in [-0.1, -0.05) is 33.3 Å². The molecule has 0 aromatic heterocycles. The van der Waals surface area contributed by atoms with Gasteiger partial charge in [0.2, 0.25) is 0 Å². The minimum Gasteiger partial charge on any atom is -0.369 e. The van der Waals surface area contributed by atoms with Gasteiger partial charge in [0.25, 0.3) is 0 Å². The van der Waals surface area contributed by atoms with Crippen molar-refractivity contribution in [3.05, 3.63) is 29.6 Å². The van der Waals surface area contributed by atoms with Crippen molar-refractivity contribution < 1.29 is 4.39 Å². The quantitative estimate of drug-likeness (QED) is 0.760. The van der Waals surface area contributed by atoms with Gasteiger partial charge in [-0.15, -0.1) is 0 Å². The van der Waals surface area contributed by atoms with Gasteiger partial charge in [-0.05, 0) is 44.0 Å². The van der Waals surface area contributed by atoms with Crippen LogP contribution in [0.5, 0.6) is 0 Å². The molecule has 0 amide bonds. The average Bonchev–Trinajstić information content (AvgIpc) is 2.45. The topological polar surface area (TPSA) is 15.3 Å². The van der Waals surface area contributed by atoms with Crippen LogP contribution in [0.3, 0.4) is 0 Å². The third-order valence-corrected chi connectivity index (χ3v) is 3.93. The van der Waals surface area contributed by atoms with Crippen LogP contribution in [-0.2, 0) is 0 Å². The third-order valence-electron chi connectivity index (χ3n) is 3.93. The lowest BCUT2D eigenvalue weighted by Crippen LogP contribution is -2.29. The first kappa shape index (κ1) is 17.0. The maximum absolute atomic E-state index is 14.4. The van der Waals surface area contributed by atoms with Crippen molar-refractivity contribution in [1.82, 2.24) is 5.32 Å². The standard InChI is InChI=1S/C17H29FN2/c1-6-13(4)12-20(8-3)17-10-9-15(11-16(17)18)14(5)19-7-2/h9-11,13-14,19H,6-8,12H2,1-5H3. The van der Waals surface area contributed by atoms with Crippen molar-refractivity contribution in [1.29, 1.82) is 0 Å². The molecule has 2 unspecified atom stereocenters. The average molecular weight is 280 g/mol. The van der Waals surface area contributed by atoms with Crippen LogP contribution in [0.1, 0.15) is 52.6 Å². The molecule has 114 valence electrons. The van der Waals surface area contributed by atoms with Gasteiger partial charge in [0.1, 0.15) is 5.82 Å². The van der Waals surface area contributed by atoms with Crippen molar-refractivity contribution in [3.8, 4) is 0 Å². The molecule has 0 aliphatic rings. The van der Waals surface area contributed by atoms with Gasteiger partial charge in [-0.3, -0.25) is 0 Å². The zero-order valence-corrected chi connectivity index (χ0v) is 13.5. The summed E-state index contributed by atoms with van der Waals surface area (Å²) in [6, 6.07) is 5.81. The number of halogens is 1. The monoisotopic (exact) mass is 280 g/mol. The molecule has 1 N–H and O–H groups in total. The molecule has 0 heterocycles. The van der Waals surface area contributed by atoms with Crippen LogP contribution in [-0.4, -0.2) is 19.6 Å². The molecule has 1 aromatic carbocycles. The van der Waals surface area contributed by atoms with Gasteiger partial charge >= 0.3 is 0 Å². The predicted molar refractivity (Wildman–Crippen MR) is 85.8 cm³/mol. The van der Waals surface area contributed by atoms with Crippen LogP contribution in [0.2, 0.25) is 0 Å². The molecule has 1 rings (SSSR count). The number of anilines is 1. The summed E-state index contributed by atoms with van der Waals surface area (Å²) in [4.78, 5) is 2.13. The maximum atomic E-state index is 14.4. The maximum Gasteiger partial charge on any atom is 0.146 e. The fraction of sp³-hybridized carbons (Fsp3) is 0.647. The van der Waals surface area contributed by atoms with E-state index in [1.807, 2.05) is 12.1 Å². The van der Waals surface area contributed by atoms with E-state index in [9.17, 15) is 4.39 Å². The molecule has 3 heteroatoms. The molecule has 2 nitrogen and oxygen atoms in total. The molecular formula is C17H29FN2. The van der Waals surface area contributed by atoms with E-state index in [-0.39, 0.29) is 11.9 Å². The Kier molecular flexibility index (Phi) is 7.00. The lowest BCUT2D eigenvalue weighted by atomic mass is 10.1. The first-order valence-electron chi connectivity index (χ1n) is 7.81. The van der Waals surface area contributed by atoms with Crippen molar-refractivity contribution in [3.63, 3.8) is 0 Å². The largest absolute Gasteiger partial charge is 0.369 e. The molecule has 2 atom stereocenters. The van der Waals surface area contributed by atoms with E-state index in [0.717, 1.165) is 37.3 Å². The highest BCUT2D eigenvalue weighted by molar-refractivity contribution is 5.49. The van der Waals surface area contributed by atoms with E-state index in [1.165, 1.54) is 0 Å². The molecule has 20 heavy (non-hydrogen) atoms. The molecule has 0 aliphatic heterocycles. The molecule has 0 fully saturated rings. The Morgan fingerprint density at radius 3 is 2.40 bits per heavy atom. The summed E-state index contributed by atoms with van der Waals surface area (Å²) in [6.07, 6.45) is 1.12. The van der Waals surface area contributed by atoms with Crippen molar-refractivity contribution in [2.24, 2.45) is 5.92 Å². The Balaban J connectivity index is 2.90. The fourth-order valence-electron chi connectivity index (χ4n) is 2.38. The van der Waals surface area contributed by atoms with Crippen molar-refractivity contribution >= 4 is 5.69 Å². The van der Waals surface area contributed by atoms with Gasteiger partial charge in [0, 0.05) is 19.1 Å². The van der Waals surface area contributed by atoms with E-state index in [1.54, 1.807) is 6.07 Å². The summed E-state index contributed by atoms with van der Waals surface area (Å²) < 4.78 is 14.4. The number of rotatable bonds is 8. The van der Waals surface area contributed by atoms with Crippen molar-refractivity contribution in [2.45, 2.75) is 47.1 Å². The second-order valence-corrected chi connectivity index (χ2v) is 5.54.